The second-order valence-electron chi connectivity index (χ2n) is 7.16. The molecule has 0 spiro atoms. The fraction of sp³-hybridized carbons (Fsp3) is 0.824. The van der Waals surface area contributed by atoms with Gasteiger partial charge in [-0.3, -0.25) is 9.59 Å². The van der Waals surface area contributed by atoms with Gasteiger partial charge in [0, 0.05) is 30.6 Å². The zero-order valence-electron chi connectivity index (χ0n) is 12.2. The Morgan fingerprint density at radius 1 is 1.20 bits per heavy atom. The number of nitrogens with zero attached hydrogens (tertiary/aromatic N) is 1. The zero-order chi connectivity index (χ0) is 14.3. The number of ketones is 2. The molecule has 3 aliphatic carbocycles. The summed E-state index contributed by atoms with van der Waals surface area (Å²) in [4.78, 5) is 24.4. The van der Waals surface area contributed by atoms with E-state index in [9.17, 15) is 9.59 Å². The molecule has 0 saturated heterocycles. The number of nitriles is 1. The molecule has 0 aliphatic heterocycles. The van der Waals surface area contributed by atoms with Crippen LogP contribution in [0.1, 0.15) is 58.3 Å². The van der Waals surface area contributed by atoms with Crippen LogP contribution in [-0.2, 0) is 9.59 Å². The number of hydrogen-bond donors (Lipinski definition) is 0. The second kappa shape index (κ2) is 4.98. The lowest BCUT2D eigenvalue weighted by Gasteiger charge is -2.50. The van der Waals surface area contributed by atoms with Crippen LogP contribution in [0.15, 0.2) is 0 Å². The average molecular weight is 273 g/mol. The van der Waals surface area contributed by atoms with Crippen molar-refractivity contribution in [3.05, 3.63) is 0 Å². The zero-order valence-corrected chi connectivity index (χ0v) is 12.2. The van der Waals surface area contributed by atoms with Gasteiger partial charge in [-0.05, 0) is 49.9 Å². The summed E-state index contributed by atoms with van der Waals surface area (Å²) < 4.78 is 0. The minimum Gasteiger partial charge on any atom is -0.299 e. The molecule has 0 amide bonds. The van der Waals surface area contributed by atoms with Crippen LogP contribution in [0.2, 0.25) is 0 Å². The molecule has 0 aromatic rings. The van der Waals surface area contributed by atoms with E-state index in [4.69, 9.17) is 5.26 Å². The molecule has 3 aliphatic rings. The maximum atomic E-state index is 12.2. The fourth-order valence-electron chi connectivity index (χ4n) is 5.33. The monoisotopic (exact) mass is 273 g/mol. The van der Waals surface area contributed by atoms with Crippen molar-refractivity contribution in [3.8, 4) is 6.07 Å². The first kappa shape index (κ1) is 13.8. The van der Waals surface area contributed by atoms with E-state index >= 15 is 0 Å². The lowest BCUT2D eigenvalue weighted by molar-refractivity contribution is -0.137. The van der Waals surface area contributed by atoms with Gasteiger partial charge in [-0.25, -0.2) is 0 Å². The Bertz CT molecular complexity index is 478. The summed E-state index contributed by atoms with van der Waals surface area (Å²) in [5.41, 5.74) is -0.110. The van der Waals surface area contributed by atoms with E-state index in [0.29, 0.717) is 42.2 Å². The molecule has 0 bridgehead atoms. The Morgan fingerprint density at radius 3 is 2.75 bits per heavy atom. The Morgan fingerprint density at radius 2 is 2.00 bits per heavy atom. The van der Waals surface area contributed by atoms with Crippen LogP contribution < -0.4 is 0 Å². The van der Waals surface area contributed by atoms with Crippen molar-refractivity contribution < 1.29 is 9.59 Å². The van der Waals surface area contributed by atoms with E-state index in [1.54, 1.807) is 0 Å². The van der Waals surface area contributed by atoms with Crippen LogP contribution in [0.5, 0.6) is 0 Å². The minimum atomic E-state index is -0.110. The quantitative estimate of drug-likeness (QED) is 0.775. The fourth-order valence-corrected chi connectivity index (χ4v) is 5.33. The molecule has 0 heterocycles. The number of hydrogen-bond acceptors (Lipinski definition) is 3. The Kier molecular flexibility index (Phi) is 3.44. The molecule has 3 fully saturated rings. The summed E-state index contributed by atoms with van der Waals surface area (Å²) in [6.07, 6.45) is 6.57. The highest BCUT2D eigenvalue weighted by Crippen LogP contribution is 2.58. The van der Waals surface area contributed by atoms with Crippen LogP contribution in [0, 0.1) is 40.4 Å². The summed E-state index contributed by atoms with van der Waals surface area (Å²) in [7, 11) is 0. The number of carbonyl (C=O) groups excluding carboxylic acids is 2. The molecular weight excluding hydrogens is 250 g/mol. The van der Waals surface area contributed by atoms with Crippen LogP contribution in [0.4, 0.5) is 0 Å². The van der Waals surface area contributed by atoms with Gasteiger partial charge in [0.05, 0.1) is 6.07 Å². The first-order valence-electron chi connectivity index (χ1n) is 8.01. The predicted octanol–water partition coefficient (Wildman–Crippen LogP) is 3.28. The van der Waals surface area contributed by atoms with Crippen molar-refractivity contribution in [1.82, 2.24) is 0 Å². The Hall–Kier alpha value is -1.17. The van der Waals surface area contributed by atoms with Gasteiger partial charge in [-0.15, -0.1) is 0 Å². The highest BCUT2D eigenvalue weighted by atomic mass is 16.1. The van der Waals surface area contributed by atoms with Gasteiger partial charge in [0.25, 0.3) is 0 Å². The highest BCUT2D eigenvalue weighted by molar-refractivity contribution is 5.87. The minimum absolute atomic E-state index is 0.0913. The maximum Gasteiger partial charge on any atom is 0.139 e. The molecule has 3 saturated carbocycles. The molecule has 0 aromatic heterocycles. The van der Waals surface area contributed by atoms with Crippen LogP contribution >= 0.6 is 0 Å². The molecule has 0 N–H and O–H groups in total. The summed E-state index contributed by atoms with van der Waals surface area (Å²) in [6, 6.07) is 2.19. The first-order chi connectivity index (χ1) is 9.58. The Labute approximate surface area is 120 Å². The number of fused-ring (bicyclic) bond motifs is 3. The summed E-state index contributed by atoms with van der Waals surface area (Å²) in [5.74, 6) is 2.39. The van der Waals surface area contributed by atoms with E-state index in [1.807, 2.05) is 0 Å². The van der Waals surface area contributed by atoms with Gasteiger partial charge < -0.3 is 0 Å². The molecule has 0 radical (unpaired) electrons. The first-order valence-corrected chi connectivity index (χ1v) is 8.01. The molecule has 0 aromatic carbocycles. The third-order valence-corrected chi connectivity index (χ3v) is 6.42. The normalized spacial score (nSPS) is 43.8. The molecule has 20 heavy (non-hydrogen) atoms. The van der Waals surface area contributed by atoms with E-state index in [2.05, 4.69) is 13.0 Å². The number of rotatable bonds is 2. The van der Waals surface area contributed by atoms with Gasteiger partial charge in [0.1, 0.15) is 11.6 Å². The van der Waals surface area contributed by atoms with E-state index in [0.717, 1.165) is 38.5 Å². The molecule has 3 nitrogen and oxygen atoms in total. The third kappa shape index (κ3) is 1.92. The van der Waals surface area contributed by atoms with E-state index in [-0.39, 0.29) is 11.3 Å². The number of Topliss-reactive ketones (excluding diaryl/α,β-unsaturated/α-hetero) is 2. The predicted molar refractivity (Wildman–Crippen MR) is 74.6 cm³/mol. The number of carbonyl (C=O) groups is 2. The van der Waals surface area contributed by atoms with Crippen molar-refractivity contribution in [2.75, 3.05) is 0 Å². The molecule has 3 rings (SSSR count). The lowest BCUT2D eigenvalue weighted by atomic mass is 9.53. The van der Waals surface area contributed by atoms with E-state index < -0.39 is 0 Å². The smallest absolute Gasteiger partial charge is 0.139 e. The van der Waals surface area contributed by atoms with Gasteiger partial charge in [0.15, 0.2) is 0 Å². The van der Waals surface area contributed by atoms with Crippen molar-refractivity contribution >= 4 is 11.6 Å². The lowest BCUT2D eigenvalue weighted by Crippen LogP contribution is -2.47. The van der Waals surface area contributed by atoms with Crippen LogP contribution in [0.3, 0.4) is 0 Å². The summed E-state index contributed by atoms with van der Waals surface area (Å²) in [5, 5.41) is 8.80. The maximum absolute atomic E-state index is 12.2. The van der Waals surface area contributed by atoms with Gasteiger partial charge in [-0.1, -0.05) is 6.92 Å². The van der Waals surface area contributed by atoms with Crippen LogP contribution in [-0.4, -0.2) is 11.6 Å². The van der Waals surface area contributed by atoms with Gasteiger partial charge in [0.2, 0.25) is 0 Å². The van der Waals surface area contributed by atoms with Crippen molar-refractivity contribution in [3.63, 3.8) is 0 Å². The topological polar surface area (TPSA) is 57.9 Å². The SMILES string of the molecule is C[C@]12CC[C@@H]3C(CCC#N)C(=O)CC[C@H]3[C@@H]1CCC2=O. The molecule has 1 unspecified atom stereocenters. The summed E-state index contributed by atoms with van der Waals surface area (Å²) in [6.45, 7) is 2.16. The molecular formula is C17H23NO2. The van der Waals surface area contributed by atoms with Crippen molar-refractivity contribution in [1.29, 1.82) is 5.26 Å². The average Bonchev–Trinajstić information content (AvgIpc) is 2.74. The second-order valence-corrected chi connectivity index (χ2v) is 7.16. The van der Waals surface area contributed by atoms with E-state index in [1.165, 1.54) is 0 Å². The Balaban J connectivity index is 1.83. The van der Waals surface area contributed by atoms with Gasteiger partial charge in [-0.2, -0.15) is 5.26 Å². The van der Waals surface area contributed by atoms with Crippen LogP contribution in [0.25, 0.3) is 0 Å². The van der Waals surface area contributed by atoms with Crippen molar-refractivity contribution in [2.24, 2.45) is 29.1 Å². The van der Waals surface area contributed by atoms with Crippen molar-refractivity contribution in [2.45, 2.75) is 58.3 Å². The largest absolute Gasteiger partial charge is 0.299 e. The third-order valence-electron chi connectivity index (χ3n) is 6.42. The molecule has 3 heteroatoms. The molecule has 5 atom stereocenters. The summed E-state index contributed by atoms with van der Waals surface area (Å²) >= 11 is 0. The molecule has 108 valence electrons. The van der Waals surface area contributed by atoms with Gasteiger partial charge >= 0.3 is 0 Å². The highest BCUT2D eigenvalue weighted by Gasteiger charge is 2.56. The standard InChI is InChI=1S/C17H23NO2/c1-17-9-8-11-12(14(17)5-7-16(17)20)4-6-15(19)13(11)3-2-10-18/h11-14H,2-9H2,1H3/t11-,12+,13?,14-,17-/m0/s1.